The molecule has 0 fully saturated rings. The van der Waals surface area contributed by atoms with Crippen LogP contribution in [0.5, 0.6) is 0 Å². The fraction of sp³-hybridized carbons (Fsp3) is 0.125. The first-order valence-corrected chi connectivity index (χ1v) is 9.81. The van der Waals surface area contributed by atoms with Crippen molar-refractivity contribution in [2.75, 3.05) is 10.6 Å². The van der Waals surface area contributed by atoms with Gasteiger partial charge in [0.1, 0.15) is 0 Å². The average Bonchev–Trinajstić information content (AvgIpc) is 3.16. The summed E-state index contributed by atoms with van der Waals surface area (Å²) in [6.07, 6.45) is 2.52. The zero-order chi connectivity index (χ0) is 21.1. The SMILES string of the molecule is CCc1ccccc1NC(=O)c1nc(C(=O)Nc2ccccc2C)c2ccccn12. The molecule has 0 spiro atoms. The predicted octanol–water partition coefficient (Wildman–Crippen LogP) is 4.71. The minimum absolute atomic E-state index is 0.159. The summed E-state index contributed by atoms with van der Waals surface area (Å²) in [5.74, 6) is -0.570. The number of rotatable bonds is 5. The standard InChI is InChI=1S/C24H22N4O2/c1-3-17-11-5-7-13-19(17)26-24(30)22-27-21(20-14-8-9-15-28(20)22)23(29)25-18-12-6-4-10-16(18)2/h4-15H,3H2,1-2H3,(H,25,29)(H,26,30). The van der Waals surface area contributed by atoms with Crippen LogP contribution < -0.4 is 10.6 Å². The molecule has 6 nitrogen and oxygen atoms in total. The lowest BCUT2D eigenvalue weighted by molar-refractivity contribution is 0.101. The van der Waals surface area contributed by atoms with E-state index in [4.69, 9.17) is 0 Å². The Bertz CT molecular complexity index is 1240. The molecule has 4 aromatic rings. The lowest BCUT2D eigenvalue weighted by Crippen LogP contribution is -2.17. The Morgan fingerprint density at radius 1 is 0.867 bits per heavy atom. The van der Waals surface area contributed by atoms with Gasteiger partial charge in [0.2, 0.25) is 5.82 Å². The molecule has 2 aromatic heterocycles. The topological polar surface area (TPSA) is 75.5 Å². The molecule has 0 aliphatic heterocycles. The van der Waals surface area contributed by atoms with Gasteiger partial charge in [0, 0.05) is 17.6 Å². The summed E-state index contributed by atoms with van der Waals surface area (Å²) in [5, 5.41) is 5.82. The predicted molar refractivity (Wildman–Crippen MR) is 118 cm³/mol. The van der Waals surface area contributed by atoms with E-state index in [0.717, 1.165) is 23.2 Å². The fourth-order valence-corrected chi connectivity index (χ4v) is 3.39. The Labute approximate surface area is 174 Å². The van der Waals surface area contributed by atoms with Gasteiger partial charge in [-0.05, 0) is 48.7 Å². The van der Waals surface area contributed by atoms with Gasteiger partial charge in [0.05, 0.1) is 5.52 Å². The molecule has 0 bridgehead atoms. The van der Waals surface area contributed by atoms with E-state index >= 15 is 0 Å². The number of hydrogen-bond donors (Lipinski definition) is 2. The first-order chi connectivity index (χ1) is 14.6. The van der Waals surface area contributed by atoms with Gasteiger partial charge in [-0.3, -0.25) is 14.0 Å². The highest BCUT2D eigenvalue weighted by Crippen LogP contribution is 2.20. The number of nitrogens with zero attached hydrogens (tertiary/aromatic N) is 2. The molecular weight excluding hydrogens is 376 g/mol. The number of hydrogen-bond acceptors (Lipinski definition) is 3. The number of benzene rings is 2. The monoisotopic (exact) mass is 398 g/mol. The summed E-state index contributed by atoms with van der Waals surface area (Å²) in [5.41, 5.74) is 4.20. The molecular formula is C24H22N4O2. The van der Waals surface area contributed by atoms with E-state index in [-0.39, 0.29) is 23.3 Å². The van der Waals surface area contributed by atoms with Crippen LogP contribution in [0.3, 0.4) is 0 Å². The average molecular weight is 398 g/mol. The number of anilines is 2. The molecule has 6 heteroatoms. The second kappa shape index (κ2) is 8.21. The molecule has 0 saturated carbocycles. The van der Waals surface area contributed by atoms with Crippen LogP contribution >= 0.6 is 0 Å². The molecule has 0 radical (unpaired) electrons. The van der Waals surface area contributed by atoms with Crippen LogP contribution in [0.4, 0.5) is 11.4 Å². The summed E-state index contributed by atoms with van der Waals surface area (Å²) in [4.78, 5) is 30.4. The zero-order valence-corrected chi connectivity index (χ0v) is 16.8. The lowest BCUT2D eigenvalue weighted by atomic mass is 10.1. The number of pyridine rings is 1. The van der Waals surface area contributed by atoms with Crippen molar-refractivity contribution >= 4 is 28.7 Å². The van der Waals surface area contributed by atoms with E-state index in [1.807, 2.05) is 68.4 Å². The molecule has 0 unspecified atom stereocenters. The van der Waals surface area contributed by atoms with Crippen LogP contribution in [0.15, 0.2) is 72.9 Å². The summed E-state index contributed by atoms with van der Waals surface area (Å²) >= 11 is 0. The Balaban J connectivity index is 1.69. The summed E-state index contributed by atoms with van der Waals surface area (Å²) in [6.45, 7) is 3.95. The smallest absolute Gasteiger partial charge is 0.292 e. The van der Waals surface area contributed by atoms with Gasteiger partial charge in [-0.1, -0.05) is 49.4 Å². The normalized spacial score (nSPS) is 10.7. The third-order valence-corrected chi connectivity index (χ3v) is 5.01. The number of fused-ring (bicyclic) bond motifs is 1. The van der Waals surface area contributed by atoms with Crippen molar-refractivity contribution in [1.82, 2.24) is 9.38 Å². The first-order valence-electron chi connectivity index (χ1n) is 9.81. The molecule has 2 N–H and O–H groups in total. The molecule has 0 aliphatic carbocycles. The quantitative estimate of drug-likeness (QED) is 0.511. The Hall–Kier alpha value is -3.93. The maximum Gasteiger partial charge on any atom is 0.292 e. The highest BCUT2D eigenvalue weighted by molar-refractivity contribution is 6.10. The number of carbonyl (C=O) groups is 2. The largest absolute Gasteiger partial charge is 0.320 e. The van der Waals surface area contributed by atoms with Gasteiger partial charge < -0.3 is 10.6 Å². The van der Waals surface area contributed by atoms with Gasteiger partial charge in [-0.2, -0.15) is 0 Å². The van der Waals surface area contributed by atoms with Crippen molar-refractivity contribution in [2.24, 2.45) is 0 Å². The van der Waals surface area contributed by atoms with Gasteiger partial charge in [-0.15, -0.1) is 0 Å². The molecule has 150 valence electrons. The number of amides is 2. The summed E-state index contributed by atoms with van der Waals surface area (Å²) in [7, 11) is 0. The number of para-hydroxylation sites is 2. The van der Waals surface area contributed by atoms with Crippen LogP contribution in [0.1, 0.15) is 39.2 Å². The fourth-order valence-electron chi connectivity index (χ4n) is 3.39. The van der Waals surface area contributed by atoms with Crippen molar-refractivity contribution in [3.63, 3.8) is 0 Å². The van der Waals surface area contributed by atoms with Crippen LogP contribution in [0, 0.1) is 6.92 Å². The zero-order valence-electron chi connectivity index (χ0n) is 16.8. The number of aromatic nitrogens is 2. The van der Waals surface area contributed by atoms with Crippen molar-refractivity contribution < 1.29 is 9.59 Å². The first kappa shape index (κ1) is 19.4. The number of imidazole rings is 1. The van der Waals surface area contributed by atoms with E-state index in [9.17, 15) is 9.59 Å². The van der Waals surface area contributed by atoms with Crippen molar-refractivity contribution in [1.29, 1.82) is 0 Å². The van der Waals surface area contributed by atoms with E-state index < -0.39 is 0 Å². The number of aryl methyl sites for hydroxylation is 2. The Kier molecular flexibility index (Phi) is 5.30. The van der Waals surface area contributed by atoms with Crippen LogP contribution in [0.2, 0.25) is 0 Å². The number of carbonyl (C=O) groups excluding carboxylic acids is 2. The number of nitrogens with one attached hydrogen (secondary N) is 2. The van der Waals surface area contributed by atoms with E-state index in [1.54, 1.807) is 22.7 Å². The van der Waals surface area contributed by atoms with Gasteiger partial charge in [-0.25, -0.2) is 4.98 Å². The molecule has 2 aromatic carbocycles. The summed E-state index contributed by atoms with van der Waals surface area (Å²) < 4.78 is 1.64. The molecule has 30 heavy (non-hydrogen) atoms. The maximum atomic E-state index is 13.0. The highest BCUT2D eigenvalue weighted by Gasteiger charge is 2.22. The highest BCUT2D eigenvalue weighted by atomic mass is 16.2. The molecule has 0 atom stereocenters. The van der Waals surface area contributed by atoms with Gasteiger partial charge in [0.25, 0.3) is 11.8 Å². The minimum atomic E-state index is -0.368. The van der Waals surface area contributed by atoms with Crippen LogP contribution in [0.25, 0.3) is 5.52 Å². The Morgan fingerprint density at radius 3 is 2.30 bits per heavy atom. The third-order valence-electron chi connectivity index (χ3n) is 5.01. The van der Waals surface area contributed by atoms with Crippen molar-refractivity contribution in [3.8, 4) is 0 Å². The van der Waals surface area contributed by atoms with Crippen molar-refractivity contribution in [2.45, 2.75) is 20.3 Å². The van der Waals surface area contributed by atoms with E-state index in [0.29, 0.717) is 11.2 Å². The third kappa shape index (κ3) is 3.67. The molecule has 2 heterocycles. The lowest BCUT2D eigenvalue weighted by Gasteiger charge is -2.08. The maximum absolute atomic E-state index is 13.0. The van der Waals surface area contributed by atoms with Gasteiger partial charge >= 0.3 is 0 Å². The Morgan fingerprint density at radius 2 is 1.53 bits per heavy atom. The van der Waals surface area contributed by atoms with Crippen molar-refractivity contribution in [3.05, 3.63) is 95.6 Å². The molecule has 4 rings (SSSR count). The van der Waals surface area contributed by atoms with E-state index in [2.05, 4.69) is 15.6 Å². The molecule has 2 amide bonds. The molecule has 0 saturated heterocycles. The second-order valence-corrected chi connectivity index (χ2v) is 6.97. The second-order valence-electron chi connectivity index (χ2n) is 6.97. The molecule has 0 aliphatic rings. The van der Waals surface area contributed by atoms with Crippen LogP contribution in [-0.2, 0) is 6.42 Å². The van der Waals surface area contributed by atoms with Gasteiger partial charge in [0.15, 0.2) is 5.69 Å². The minimum Gasteiger partial charge on any atom is -0.320 e. The summed E-state index contributed by atoms with van der Waals surface area (Å²) in [6, 6.07) is 20.6. The van der Waals surface area contributed by atoms with E-state index in [1.165, 1.54) is 0 Å². The van der Waals surface area contributed by atoms with Crippen LogP contribution in [-0.4, -0.2) is 21.2 Å².